The summed E-state index contributed by atoms with van der Waals surface area (Å²) in [5.74, 6) is 1.13. The summed E-state index contributed by atoms with van der Waals surface area (Å²) < 4.78 is 7.95. The van der Waals surface area contributed by atoms with Crippen molar-refractivity contribution in [2.24, 2.45) is 0 Å². The lowest BCUT2D eigenvalue weighted by Gasteiger charge is -2.16. The van der Waals surface area contributed by atoms with Crippen LogP contribution in [0.15, 0.2) is 24.3 Å². The highest BCUT2D eigenvalue weighted by molar-refractivity contribution is 5.75. The molecule has 0 saturated heterocycles. The van der Waals surface area contributed by atoms with E-state index < -0.39 is 0 Å². The minimum absolute atomic E-state index is 0.309. The SMILES string of the molecule is CCCOCC(Cc1nc2ccccc2n1CC)NC. The molecule has 1 heterocycles. The lowest BCUT2D eigenvalue weighted by molar-refractivity contribution is 0.113. The smallest absolute Gasteiger partial charge is 0.111 e. The summed E-state index contributed by atoms with van der Waals surface area (Å²) in [6, 6.07) is 8.63. The molecule has 1 aromatic carbocycles. The third-order valence-electron chi connectivity index (χ3n) is 3.55. The van der Waals surface area contributed by atoms with Crippen molar-refractivity contribution < 1.29 is 4.74 Å². The van der Waals surface area contributed by atoms with Crippen LogP contribution < -0.4 is 5.32 Å². The number of likely N-dealkylation sites (N-methyl/N-ethyl adjacent to an activating group) is 1. The van der Waals surface area contributed by atoms with Crippen LogP contribution in [0.25, 0.3) is 11.0 Å². The molecule has 2 aromatic rings. The Labute approximate surface area is 121 Å². The molecule has 110 valence electrons. The van der Waals surface area contributed by atoms with E-state index in [0.29, 0.717) is 6.04 Å². The van der Waals surface area contributed by atoms with Crippen LogP contribution in [0.5, 0.6) is 0 Å². The lowest BCUT2D eigenvalue weighted by Crippen LogP contribution is -2.33. The third-order valence-corrected chi connectivity index (χ3v) is 3.55. The summed E-state index contributed by atoms with van der Waals surface area (Å²) in [7, 11) is 1.99. The number of fused-ring (bicyclic) bond motifs is 1. The van der Waals surface area contributed by atoms with Gasteiger partial charge in [0, 0.05) is 25.6 Å². The Morgan fingerprint density at radius 3 is 2.80 bits per heavy atom. The van der Waals surface area contributed by atoms with Gasteiger partial charge in [-0.25, -0.2) is 4.98 Å². The summed E-state index contributed by atoms with van der Waals surface area (Å²) in [5, 5.41) is 3.33. The highest BCUT2D eigenvalue weighted by Gasteiger charge is 2.14. The van der Waals surface area contributed by atoms with Crippen molar-refractivity contribution >= 4 is 11.0 Å². The van der Waals surface area contributed by atoms with Crippen LogP contribution in [0.4, 0.5) is 0 Å². The van der Waals surface area contributed by atoms with E-state index in [1.54, 1.807) is 0 Å². The summed E-state index contributed by atoms with van der Waals surface area (Å²) >= 11 is 0. The van der Waals surface area contributed by atoms with Gasteiger partial charge in [-0.2, -0.15) is 0 Å². The Bertz CT molecular complexity index is 536. The quantitative estimate of drug-likeness (QED) is 0.753. The molecule has 2 rings (SSSR count). The van der Waals surface area contributed by atoms with Crippen molar-refractivity contribution in [2.45, 2.75) is 39.3 Å². The first kappa shape index (κ1) is 15.0. The number of ether oxygens (including phenoxy) is 1. The first-order valence-electron chi connectivity index (χ1n) is 7.49. The van der Waals surface area contributed by atoms with E-state index >= 15 is 0 Å². The minimum Gasteiger partial charge on any atom is -0.380 e. The van der Waals surface area contributed by atoms with Gasteiger partial charge in [-0.15, -0.1) is 0 Å². The standard InChI is InChI=1S/C16H25N3O/c1-4-10-20-12-13(17-3)11-16-18-14-8-6-7-9-15(14)19(16)5-2/h6-9,13,17H,4-5,10-12H2,1-3H3. The maximum atomic E-state index is 5.66. The maximum Gasteiger partial charge on any atom is 0.111 e. The Kier molecular flexibility index (Phi) is 5.56. The number of benzene rings is 1. The van der Waals surface area contributed by atoms with Gasteiger partial charge in [0.2, 0.25) is 0 Å². The first-order chi connectivity index (χ1) is 9.80. The molecule has 1 atom stereocenters. The number of para-hydroxylation sites is 2. The van der Waals surface area contributed by atoms with Crippen molar-refractivity contribution in [3.63, 3.8) is 0 Å². The highest BCUT2D eigenvalue weighted by atomic mass is 16.5. The molecule has 0 fully saturated rings. The molecule has 0 amide bonds. The second-order valence-corrected chi connectivity index (χ2v) is 5.03. The van der Waals surface area contributed by atoms with Crippen LogP contribution in [0.3, 0.4) is 0 Å². The van der Waals surface area contributed by atoms with E-state index in [2.05, 4.69) is 41.9 Å². The summed E-state index contributed by atoms with van der Waals surface area (Å²) in [4.78, 5) is 4.77. The van der Waals surface area contributed by atoms with E-state index in [-0.39, 0.29) is 0 Å². The van der Waals surface area contributed by atoms with Gasteiger partial charge in [-0.3, -0.25) is 0 Å². The Balaban J connectivity index is 2.14. The predicted octanol–water partition coefficient (Wildman–Crippen LogP) is 2.61. The molecule has 4 nitrogen and oxygen atoms in total. The van der Waals surface area contributed by atoms with Crippen molar-refractivity contribution in [2.75, 3.05) is 20.3 Å². The topological polar surface area (TPSA) is 39.1 Å². The van der Waals surface area contributed by atoms with Gasteiger partial charge in [0.1, 0.15) is 5.82 Å². The van der Waals surface area contributed by atoms with Gasteiger partial charge in [-0.1, -0.05) is 19.1 Å². The number of hydrogen-bond acceptors (Lipinski definition) is 3. The van der Waals surface area contributed by atoms with E-state index in [1.165, 1.54) is 5.52 Å². The first-order valence-corrected chi connectivity index (χ1v) is 7.49. The Hall–Kier alpha value is -1.39. The molecule has 0 aliphatic carbocycles. The summed E-state index contributed by atoms with van der Waals surface area (Å²) in [6.45, 7) is 6.80. The van der Waals surface area contributed by atoms with Crippen LogP contribution in [-0.2, 0) is 17.7 Å². The van der Waals surface area contributed by atoms with Gasteiger partial charge in [0.15, 0.2) is 0 Å². The average Bonchev–Trinajstić information content (AvgIpc) is 2.83. The Morgan fingerprint density at radius 2 is 2.10 bits per heavy atom. The van der Waals surface area contributed by atoms with E-state index in [9.17, 15) is 0 Å². The normalized spacial score (nSPS) is 12.9. The molecule has 4 heteroatoms. The zero-order chi connectivity index (χ0) is 14.4. The van der Waals surface area contributed by atoms with Gasteiger partial charge in [0.25, 0.3) is 0 Å². The van der Waals surface area contributed by atoms with E-state index in [1.807, 2.05) is 13.1 Å². The van der Waals surface area contributed by atoms with Crippen molar-refractivity contribution in [1.82, 2.24) is 14.9 Å². The fourth-order valence-corrected chi connectivity index (χ4v) is 2.47. The number of aromatic nitrogens is 2. The zero-order valence-corrected chi connectivity index (χ0v) is 12.7. The van der Waals surface area contributed by atoms with Crippen LogP contribution >= 0.6 is 0 Å². The number of imidazole rings is 1. The molecule has 1 aromatic heterocycles. The number of hydrogen-bond donors (Lipinski definition) is 1. The van der Waals surface area contributed by atoms with Crippen LogP contribution in [0, 0.1) is 0 Å². The van der Waals surface area contributed by atoms with Gasteiger partial charge in [-0.05, 0) is 32.5 Å². The third kappa shape index (κ3) is 3.38. The van der Waals surface area contributed by atoms with Crippen LogP contribution in [-0.4, -0.2) is 35.9 Å². The average molecular weight is 275 g/mol. The number of nitrogens with one attached hydrogen (secondary N) is 1. The molecule has 0 aliphatic rings. The van der Waals surface area contributed by atoms with E-state index in [0.717, 1.165) is 43.9 Å². The second-order valence-electron chi connectivity index (χ2n) is 5.03. The fraction of sp³-hybridized carbons (Fsp3) is 0.562. The van der Waals surface area contributed by atoms with E-state index in [4.69, 9.17) is 9.72 Å². The molecule has 0 bridgehead atoms. The summed E-state index contributed by atoms with van der Waals surface area (Å²) in [6.07, 6.45) is 1.95. The van der Waals surface area contributed by atoms with Crippen molar-refractivity contribution in [3.8, 4) is 0 Å². The number of nitrogens with zero attached hydrogens (tertiary/aromatic N) is 2. The van der Waals surface area contributed by atoms with Crippen molar-refractivity contribution in [1.29, 1.82) is 0 Å². The molecule has 0 saturated carbocycles. The molecule has 20 heavy (non-hydrogen) atoms. The summed E-state index contributed by atoms with van der Waals surface area (Å²) in [5.41, 5.74) is 2.29. The molecular formula is C16H25N3O. The molecule has 1 unspecified atom stereocenters. The molecule has 0 aliphatic heterocycles. The van der Waals surface area contributed by atoms with Crippen LogP contribution in [0.1, 0.15) is 26.1 Å². The molecule has 1 N–H and O–H groups in total. The lowest BCUT2D eigenvalue weighted by atomic mass is 10.2. The zero-order valence-electron chi connectivity index (χ0n) is 12.7. The monoisotopic (exact) mass is 275 g/mol. The van der Waals surface area contributed by atoms with Gasteiger partial charge >= 0.3 is 0 Å². The molecule has 0 radical (unpaired) electrons. The number of aryl methyl sites for hydroxylation is 1. The molecular weight excluding hydrogens is 250 g/mol. The predicted molar refractivity (Wildman–Crippen MR) is 83.1 cm³/mol. The number of rotatable bonds is 8. The maximum absolute atomic E-state index is 5.66. The highest BCUT2D eigenvalue weighted by Crippen LogP contribution is 2.17. The second kappa shape index (κ2) is 7.41. The Morgan fingerprint density at radius 1 is 1.30 bits per heavy atom. The fourth-order valence-electron chi connectivity index (χ4n) is 2.47. The van der Waals surface area contributed by atoms with Gasteiger partial charge < -0.3 is 14.6 Å². The minimum atomic E-state index is 0.309. The molecule has 0 spiro atoms. The van der Waals surface area contributed by atoms with Crippen LogP contribution in [0.2, 0.25) is 0 Å². The largest absolute Gasteiger partial charge is 0.380 e. The van der Waals surface area contributed by atoms with Crippen molar-refractivity contribution in [3.05, 3.63) is 30.1 Å². The van der Waals surface area contributed by atoms with Gasteiger partial charge in [0.05, 0.1) is 17.6 Å².